The average Bonchev–Trinajstić information content (AvgIpc) is 1.59. The van der Waals surface area contributed by atoms with E-state index in [0.717, 1.165) is 0 Å². The minimum atomic E-state index is -0.247. The first-order valence-corrected chi connectivity index (χ1v) is 3.15. The summed E-state index contributed by atoms with van der Waals surface area (Å²) in [4.78, 5) is 0. The van der Waals surface area contributed by atoms with E-state index in [4.69, 9.17) is 11.5 Å². The molecule has 3 nitrogen and oxygen atoms in total. The van der Waals surface area contributed by atoms with Gasteiger partial charge >= 0.3 is 0 Å². The molecule has 0 aliphatic carbocycles. The Morgan fingerprint density at radius 3 is 2.22 bits per heavy atom. The predicted octanol–water partition coefficient (Wildman–Crippen LogP) is -0.443. The summed E-state index contributed by atoms with van der Waals surface area (Å²) >= 11 is 4.57. The Kier molecular flexibility index (Phi) is 2.87. The summed E-state index contributed by atoms with van der Waals surface area (Å²) in [6.07, 6.45) is 0. The van der Waals surface area contributed by atoms with Crippen molar-refractivity contribution in [1.82, 2.24) is 5.32 Å². The maximum absolute atomic E-state index is 5.61. The van der Waals surface area contributed by atoms with Crippen LogP contribution in [0.5, 0.6) is 0 Å². The molecule has 0 aromatic rings. The fourth-order valence-corrected chi connectivity index (χ4v) is 0.387. The van der Waals surface area contributed by atoms with E-state index in [1.807, 2.05) is 13.8 Å². The molecule has 0 amide bonds. The van der Waals surface area contributed by atoms with Crippen LogP contribution in [0.4, 0.5) is 0 Å². The van der Waals surface area contributed by atoms with Crippen molar-refractivity contribution in [2.45, 2.75) is 19.4 Å². The Hall–Kier alpha value is -0.350. The molecule has 0 aliphatic heterocycles. The van der Waals surface area contributed by atoms with Gasteiger partial charge in [0, 0.05) is 12.1 Å². The van der Waals surface area contributed by atoms with E-state index < -0.39 is 0 Å². The molecule has 0 heterocycles. The number of nitrogens with one attached hydrogen (secondary N) is 1. The van der Waals surface area contributed by atoms with E-state index in [1.165, 1.54) is 0 Å². The molecule has 0 aromatic carbocycles. The molecule has 0 spiro atoms. The first-order valence-electron chi connectivity index (χ1n) is 2.74. The third-order valence-electron chi connectivity index (χ3n) is 0.718. The van der Waals surface area contributed by atoms with Crippen molar-refractivity contribution in [3.05, 3.63) is 0 Å². The van der Waals surface area contributed by atoms with Crippen LogP contribution in [0, 0.1) is 0 Å². The number of hydrogen-bond acceptors (Lipinski definition) is 2. The second kappa shape index (κ2) is 2.98. The Bertz CT molecular complexity index is 105. The van der Waals surface area contributed by atoms with Crippen molar-refractivity contribution < 1.29 is 0 Å². The largest absolute Gasteiger partial charge is 0.376 e. The van der Waals surface area contributed by atoms with Crippen LogP contribution in [-0.4, -0.2) is 17.2 Å². The van der Waals surface area contributed by atoms with Crippen LogP contribution < -0.4 is 16.8 Å². The molecule has 0 aliphatic rings. The van der Waals surface area contributed by atoms with Crippen molar-refractivity contribution in [3.63, 3.8) is 0 Å². The highest BCUT2D eigenvalue weighted by Gasteiger charge is 2.08. The van der Waals surface area contributed by atoms with Gasteiger partial charge in [-0.3, -0.25) is 0 Å². The predicted molar refractivity (Wildman–Crippen MR) is 43.1 cm³/mol. The first kappa shape index (κ1) is 8.65. The Labute approximate surface area is 60.8 Å². The minimum Gasteiger partial charge on any atom is -0.376 e. The molecule has 0 radical (unpaired) electrons. The lowest BCUT2D eigenvalue weighted by Gasteiger charge is -2.18. The average molecular weight is 147 g/mol. The SMILES string of the molecule is CC(C)(N)CNC(N)=S. The van der Waals surface area contributed by atoms with Gasteiger partial charge in [-0.1, -0.05) is 0 Å². The molecule has 0 fully saturated rings. The molecular formula is C5H13N3S. The van der Waals surface area contributed by atoms with Gasteiger partial charge in [0.2, 0.25) is 0 Å². The van der Waals surface area contributed by atoms with Gasteiger partial charge in [0.25, 0.3) is 0 Å². The topological polar surface area (TPSA) is 64.1 Å². The van der Waals surface area contributed by atoms with Crippen LogP contribution in [0.25, 0.3) is 0 Å². The zero-order chi connectivity index (χ0) is 7.49. The number of rotatable bonds is 2. The highest BCUT2D eigenvalue weighted by atomic mass is 32.1. The van der Waals surface area contributed by atoms with Gasteiger partial charge < -0.3 is 16.8 Å². The normalized spacial score (nSPS) is 11.0. The molecule has 0 saturated heterocycles. The molecule has 0 aromatic heterocycles. The summed E-state index contributed by atoms with van der Waals surface area (Å²) in [6, 6.07) is 0. The van der Waals surface area contributed by atoms with Gasteiger partial charge in [-0.25, -0.2) is 0 Å². The van der Waals surface area contributed by atoms with Gasteiger partial charge in [0.05, 0.1) is 0 Å². The molecule has 4 heteroatoms. The fraction of sp³-hybridized carbons (Fsp3) is 0.800. The van der Waals surface area contributed by atoms with Gasteiger partial charge in [-0.2, -0.15) is 0 Å². The zero-order valence-electron chi connectivity index (χ0n) is 5.77. The second-order valence-electron chi connectivity index (χ2n) is 2.71. The number of hydrogen-bond donors (Lipinski definition) is 3. The molecule has 54 valence electrons. The smallest absolute Gasteiger partial charge is 0.163 e. The summed E-state index contributed by atoms with van der Waals surface area (Å²) < 4.78 is 0. The standard InChI is InChI=1S/C5H13N3S/c1-5(2,7)3-8-4(6)9/h3,7H2,1-2H3,(H3,6,8,9). The maximum atomic E-state index is 5.61. The van der Waals surface area contributed by atoms with Crippen LogP contribution in [0.3, 0.4) is 0 Å². The third-order valence-corrected chi connectivity index (χ3v) is 0.863. The van der Waals surface area contributed by atoms with Gasteiger partial charge in [0.1, 0.15) is 0 Å². The maximum Gasteiger partial charge on any atom is 0.163 e. The molecule has 0 saturated carbocycles. The van der Waals surface area contributed by atoms with E-state index in [-0.39, 0.29) is 5.54 Å². The van der Waals surface area contributed by atoms with E-state index in [2.05, 4.69) is 17.5 Å². The summed E-state index contributed by atoms with van der Waals surface area (Å²) in [6.45, 7) is 4.42. The minimum absolute atomic E-state index is 0.247. The Morgan fingerprint density at radius 1 is 1.67 bits per heavy atom. The fourth-order valence-electron chi connectivity index (χ4n) is 0.315. The van der Waals surface area contributed by atoms with Gasteiger partial charge in [0.15, 0.2) is 5.11 Å². The molecule has 5 N–H and O–H groups in total. The lowest BCUT2D eigenvalue weighted by Crippen LogP contribution is -2.46. The molecule has 0 unspecified atom stereocenters. The Balaban J connectivity index is 3.39. The molecule has 9 heavy (non-hydrogen) atoms. The van der Waals surface area contributed by atoms with Crippen molar-refractivity contribution in [2.24, 2.45) is 11.5 Å². The molecular weight excluding hydrogens is 134 g/mol. The Morgan fingerprint density at radius 2 is 2.11 bits per heavy atom. The monoisotopic (exact) mass is 147 g/mol. The van der Waals surface area contributed by atoms with E-state index in [1.54, 1.807) is 0 Å². The van der Waals surface area contributed by atoms with Gasteiger partial charge in [-0.05, 0) is 26.1 Å². The van der Waals surface area contributed by atoms with Crippen LogP contribution in [0.1, 0.15) is 13.8 Å². The number of nitrogens with two attached hydrogens (primary N) is 2. The quantitative estimate of drug-likeness (QED) is 0.463. The van der Waals surface area contributed by atoms with Crippen molar-refractivity contribution in [3.8, 4) is 0 Å². The molecule has 0 rings (SSSR count). The zero-order valence-corrected chi connectivity index (χ0v) is 6.59. The van der Waals surface area contributed by atoms with Crippen LogP contribution in [-0.2, 0) is 0 Å². The van der Waals surface area contributed by atoms with Crippen LogP contribution in [0.15, 0.2) is 0 Å². The molecule has 0 bridgehead atoms. The van der Waals surface area contributed by atoms with E-state index >= 15 is 0 Å². The lowest BCUT2D eigenvalue weighted by atomic mass is 10.1. The molecule has 0 atom stereocenters. The lowest BCUT2D eigenvalue weighted by molar-refractivity contribution is 0.509. The number of thiocarbonyl (C=S) groups is 1. The van der Waals surface area contributed by atoms with Crippen LogP contribution in [0.2, 0.25) is 0 Å². The summed E-state index contributed by atoms with van der Waals surface area (Å²) in [5, 5.41) is 3.07. The van der Waals surface area contributed by atoms with Gasteiger partial charge in [-0.15, -0.1) is 0 Å². The highest BCUT2D eigenvalue weighted by Crippen LogP contribution is 1.91. The van der Waals surface area contributed by atoms with E-state index in [0.29, 0.717) is 11.7 Å². The highest BCUT2D eigenvalue weighted by molar-refractivity contribution is 7.80. The van der Waals surface area contributed by atoms with Crippen LogP contribution >= 0.6 is 12.2 Å². The first-order chi connectivity index (χ1) is 3.92. The summed E-state index contributed by atoms with van der Waals surface area (Å²) in [5.74, 6) is 0. The van der Waals surface area contributed by atoms with Crippen molar-refractivity contribution in [1.29, 1.82) is 0 Å². The summed E-state index contributed by atoms with van der Waals surface area (Å²) in [7, 11) is 0. The third kappa shape index (κ3) is 7.65. The summed E-state index contributed by atoms with van der Waals surface area (Å²) in [5.41, 5.74) is 10.5. The van der Waals surface area contributed by atoms with Crippen molar-refractivity contribution >= 4 is 17.3 Å². The van der Waals surface area contributed by atoms with E-state index in [9.17, 15) is 0 Å². The second-order valence-corrected chi connectivity index (χ2v) is 3.15. The van der Waals surface area contributed by atoms with Crippen molar-refractivity contribution in [2.75, 3.05) is 6.54 Å².